The molecule has 3 rings (SSSR count). The first kappa shape index (κ1) is 21.8. The van der Waals surface area contributed by atoms with Crippen molar-refractivity contribution in [3.05, 3.63) is 71.8 Å². The average molecular weight is 411 g/mol. The van der Waals surface area contributed by atoms with Crippen molar-refractivity contribution in [1.29, 1.82) is 0 Å². The van der Waals surface area contributed by atoms with Crippen molar-refractivity contribution in [3.8, 4) is 0 Å². The lowest BCUT2D eigenvalue weighted by Crippen LogP contribution is -2.71. The molecule has 0 bridgehead atoms. The summed E-state index contributed by atoms with van der Waals surface area (Å²) in [5, 5.41) is 9.65. The lowest BCUT2D eigenvalue weighted by Gasteiger charge is -2.55. The number of hydrogen-bond donors (Lipinski definition) is 1. The molecule has 0 saturated carbocycles. The molecule has 0 spiro atoms. The van der Waals surface area contributed by atoms with Crippen molar-refractivity contribution in [2.75, 3.05) is 13.1 Å². The number of hydrogen-bond acceptors (Lipinski definition) is 4. The predicted molar refractivity (Wildman–Crippen MR) is 115 cm³/mol. The Labute approximate surface area is 178 Å². The van der Waals surface area contributed by atoms with Crippen LogP contribution in [0.2, 0.25) is 0 Å². The van der Waals surface area contributed by atoms with Gasteiger partial charge in [0, 0.05) is 26.2 Å². The third-order valence-electron chi connectivity index (χ3n) is 5.21. The summed E-state index contributed by atoms with van der Waals surface area (Å²) in [5.41, 5.74) is 0.979. The summed E-state index contributed by atoms with van der Waals surface area (Å²) in [5.74, 6) is -0.870. The van der Waals surface area contributed by atoms with Crippen LogP contribution in [-0.2, 0) is 22.6 Å². The quantitative estimate of drug-likeness (QED) is 0.742. The van der Waals surface area contributed by atoms with Crippen molar-refractivity contribution >= 4 is 12.1 Å². The van der Waals surface area contributed by atoms with E-state index in [1.54, 1.807) is 4.90 Å². The normalized spacial score (nSPS) is 15.5. The van der Waals surface area contributed by atoms with Crippen molar-refractivity contribution < 1.29 is 19.4 Å². The Kier molecular flexibility index (Phi) is 6.46. The summed E-state index contributed by atoms with van der Waals surface area (Å²) in [6.45, 7) is 7.34. The molecular weight excluding hydrogens is 380 g/mol. The number of benzene rings is 2. The van der Waals surface area contributed by atoms with E-state index >= 15 is 0 Å². The summed E-state index contributed by atoms with van der Waals surface area (Å²) < 4.78 is 5.48. The fourth-order valence-electron chi connectivity index (χ4n) is 3.82. The van der Waals surface area contributed by atoms with Gasteiger partial charge in [-0.2, -0.15) is 0 Å². The Hall–Kier alpha value is -2.86. The highest BCUT2D eigenvalue weighted by molar-refractivity contribution is 5.73. The molecule has 6 nitrogen and oxygen atoms in total. The minimum atomic E-state index is -0.870. The predicted octanol–water partition coefficient (Wildman–Crippen LogP) is 4.15. The first-order chi connectivity index (χ1) is 14.2. The number of carbonyl (C=O) groups excluding carboxylic acids is 1. The van der Waals surface area contributed by atoms with Gasteiger partial charge in [-0.25, -0.2) is 4.79 Å². The van der Waals surface area contributed by atoms with Crippen LogP contribution in [0.5, 0.6) is 0 Å². The lowest BCUT2D eigenvalue weighted by molar-refractivity contribution is -0.147. The maximum absolute atomic E-state index is 12.5. The third-order valence-corrected chi connectivity index (χ3v) is 5.21. The molecule has 1 aliphatic heterocycles. The van der Waals surface area contributed by atoms with Crippen LogP contribution in [0, 0.1) is 0 Å². The van der Waals surface area contributed by atoms with E-state index < -0.39 is 23.2 Å². The Morgan fingerprint density at radius 3 is 1.83 bits per heavy atom. The molecule has 1 saturated heterocycles. The van der Waals surface area contributed by atoms with Gasteiger partial charge in [-0.1, -0.05) is 60.7 Å². The number of carboxylic acid groups (broad SMARTS) is 1. The fraction of sp³-hybridized carbons (Fsp3) is 0.417. The van der Waals surface area contributed by atoms with E-state index in [1.165, 1.54) is 0 Å². The molecule has 0 radical (unpaired) electrons. The molecule has 1 N–H and O–H groups in total. The Balaban J connectivity index is 1.84. The molecule has 2 aromatic carbocycles. The van der Waals surface area contributed by atoms with Crippen molar-refractivity contribution in [3.63, 3.8) is 0 Å². The van der Waals surface area contributed by atoms with E-state index in [2.05, 4.69) is 4.90 Å². The molecular formula is C24H30N2O4. The van der Waals surface area contributed by atoms with Gasteiger partial charge in [-0.3, -0.25) is 9.69 Å². The summed E-state index contributed by atoms with van der Waals surface area (Å²) in [4.78, 5) is 28.0. The highest BCUT2D eigenvalue weighted by Crippen LogP contribution is 2.35. The number of rotatable bonds is 7. The standard InChI is InChI=1S/C24H30N2O4/c1-23(2,3)30-22(29)25-17-24(18-25,14-21(27)28)26(15-19-10-6-4-7-11-19)16-20-12-8-5-9-13-20/h4-13H,14-18H2,1-3H3,(H,27,28). The number of ether oxygens (including phenoxy) is 1. The molecule has 1 amide bonds. The summed E-state index contributed by atoms with van der Waals surface area (Å²) in [7, 11) is 0. The van der Waals surface area contributed by atoms with Gasteiger partial charge in [-0.15, -0.1) is 0 Å². The summed E-state index contributed by atoms with van der Waals surface area (Å²) in [6.07, 6.45) is -0.436. The van der Waals surface area contributed by atoms with Gasteiger partial charge < -0.3 is 14.7 Å². The maximum Gasteiger partial charge on any atom is 0.410 e. The van der Waals surface area contributed by atoms with Crippen LogP contribution in [0.3, 0.4) is 0 Å². The Morgan fingerprint density at radius 1 is 0.967 bits per heavy atom. The molecule has 0 unspecified atom stereocenters. The van der Waals surface area contributed by atoms with Crippen LogP contribution in [0.4, 0.5) is 4.79 Å². The second-order valence-electron chi connectivity index (χ2n) is 8.96. The van der Waals surface area contributed by atoms with Crippen LogP contribution in [0.1, 0.15) is 38.3 Å². The monoisotopic (exact) mass is 410 g/mol. The van der Waals surface area contributed by atoms with Gasteiger partial charge in [0.15, 0.2) is 0 Å². The van der Waals surface area contributed by atoms with Crippen LogP contribution in [0.15, 0.2) is 60.7 Å². The number of nitrogens with zero attached hydrogens (tertiary/aromatic N) is 2. The van der Waals surface area contributed by atoms with Gasteiger partial charge in [0.2, 0.25) is 0 Å². The fourth-order valence-corrected chi connectivity index (χ4v) is 3.82. The molecule has 1 heterocycles. The van der Waals surface area contributed by atoms with E-state index in [1.807, 2.05) is 81.4 Å². The highest BCUT2D eigenvalue weighted by Gasteiger charge is 2.51. The SMILES string of the molecule is CC(C)(C)OC(=O)N1CC(CC(=O)O)(N(Cc2ccccc2)Cc2ccccc2)C1. The molecule has 0 aliphatic carbocycles. The summed E-state index contributed by atoms with van der Waals surface area (Å²) in [6, 6.07) is 20.0. The Morgan fingerprint density at radius 2 is 1.43 bits per heavy atom. The van der Waals surface area contributed by atoms with Gasteiger partial charge in [0.05, 0.1) is 12.0 Å². The van der Waals surface area contributed by atoms with E-state index in [0.29, 0.717) is 26.2 Å². The Bertz CT molecular complexity index is 814. The molecule has 1 fully saturated rings. The smallest absolute Gasteiger partial charge is 0.410 e. The van der Waals surface area contributed by atoms with Crippen LogP contribution in [-0.4, -0.2) is 51.2 Å². The minimum Gasteiger partial charge on any atom is -0.481 e. The zero-order valence-electron chi connectivity index (χ0n) is 17.9. The van der Waals surface area contributed by atoms with Crippen LogP contribution in [0.25, 0.3) is 0 Å². The van der Waals surface area contributed by atoms with Gasteiger partial charge in [0.25, 0.3) is 0 Å². The van der Waals surface area contributed by atoms with Crippen molar-refractivity contribution in [2.24, 2.45) is 0 Å². The van der Waals surface area contributed by atoms with Crippen LogP contribution < -0.4 is 0 Å². The topological polar surface area (TPSA) is 70.1 Å². The third kappa shape index (κ3) is 5.60. The second kappa shape index (κ2) is 8.88. The molecule has 0 aromatic heterocycles. The van der Waals surface area contributed by atoms with Crippen LogP contribution >= 0.6 is 0 Å². The molecule has 160 valence electrons. The van der Waals surface area contributed by atoms with Crippen molar-refractivity contribution in [2.45, 2.75) is 51.4 Å². The molecule has 0 atom stereocenters. The first-order valence-corrected chi connectivity index (χ1v) is 10.2. The zero-order valence-corrected chi connectivity index (χ0v) is 17.9. The van der Waals surface area contributed by atoms with Gasteiger partial charge >= 0.3 is 12.1 Å². The van der Waals surface area contributed by atoms with Gasteiger partial charge in [0.1, 0.15) is 5.60 Å². The molecule has 1 aliphatic rings. The first-order valence-electron chi connectivity index (χ1n) is 10.2. The lowest BCUT2D eigenvalue weighted by atomic mass is 9.83. The number of aliphatic carboxylic acids is 1. The molecule has 2 aromatic rings. The van der Waals surface area contributed by atoms with Gasteiger partial charge in [-0.05, 0) is 31.9 Å². The molecule has 6 heteroatoms. The number of carboxylic acids is 1. The number of carbonyl (C=O) groups is 2. The minimum absolute atomic E-state index is 0.0357. The largest absolute Gasteiger partial charge is 0.481 e. The second-order valence-corrected chi connectivity index (χ2v) is 8.96. The van der Waals surface area contributed by atoms with E-state index in [-0.39, 0.29) is 6.42 Å². The van der Waals surface area contributed by atoms with E-state index in [0.717, 1.165) is 11.1 Å². The maximum atomic E-state index is 12.5. The molecule has 30 heavy (non-hydrogen) atoms. The highest BCUT2D eigenvalue weighted by atomic mass is 16.6. The average Bonchev–Trinajstić information content (AvgIpc) is 2.64. The zero-order chi connectivity index (χ0) is 21.8. The van der Waals surface area contributed by atoms with E-state index in [9.17, 15) is 14.7 Å². The van der Waals surface area contributed by atoms with Crippen molar-refractivity contribution in [1.82, 2.24) is 9.80 Å². The van der Waals surface area contributed by atoms with E-state index in [4.69, 9.17) is 4.74 Å². The number of likely N-dealkylation sites (tertiary alicyclic amines) is 1. The summed E-state index contributed by atoms with van der Waals surface area (Å²) >= 11 is 0. The number of amides is 1.